The Morgan fingerprint density at radius 3 is 2.95 bits per heavy atom. The normalized spacial score (nSPS) is 20.6. The van der Waals surface area contributed by atoms with Crippen LogP contribution in [0, 0.1) is 5.92 Å². The SMILES string of the molecule is C[C@@H](NC[C@H]1CCN(C(=O)OC(C)(C)C)C1)c1cccs1. The fourth-order valence-electron chi connectivity index (χ4n) is 2.47. The summed E-state index contributed by atoms with van der Waals surface area (Å²) in [7, 11) is 0. The van der Waals surface area contributed by atoms with E-state index in [-0.39, 0.29) is 6.09 Å². The fourth-order valence-corrected chi connectivity index (χ4v) is 3.23. The van der Waals surface area contributed by atoms with Crippen molar-refractivity contribution in [3.05, 3.63) is 22.4 Å². The van der Waals surface area contributed by atoms with E-state index in [0.717, 1.165) is 26.1 Å². The Morgan fingerprint density at radius 2 is 2.33 bits per heavy atom. The molecule has 1 aliphatic rings. The number of hydrogen-bond donors (Lipinski definition) is 1. The number of ether oxygens (including phenoxy) is 1. The molecule has 1 amide bonds. The second-order valence-electron chi connectivity index (χ2n) is 6.73. The van der Waals surface area contributed by atoms with Crippen LogP contribution < -0.4 is 5.32 Å². The number of rotatable bonds is 4. The molecule has 2 atom stereocenters. The van der Waals surface area contributed by atoms with Crippen molar-refractivity contribution in [3.8, 4) is 0 Å². The van der Waals surface area contributed by atoms with Gasteiger partial charge in [-0.05, 0) is 51.5 Å². The van der Waals surface area contributed by atoms with E-state index in [0.29, 0.717) is 12.0 Å². The van der Waals surface area contributed by atoms with Gasteiger partial charge in [-0.25, -0.2) is 4.79 Å². The molecule has 5 heteroatoms. The van der Waals surface area contributed by atoms with E-state index in [1.165, 1.54) is 4.88 Å². The van der Waals surface area contributed by atoms with Crippen LogP contribution in [0.2, 0.25) is 0 Å². The van der Waals surface area contributed by atoms with Crippen LogP contribution in [0.4, 0.5) is 4.79 Å². The lowest BCUT2D eigenvalue weighted by Gasteiger charge is -2.24. The van der Waals surface area contributed by atoms with Crippen LogP contribution in [0.3, 0.4) is 0 Å². The quantitative estimate of drug-likeness (QED) is 0.923. The van der Waals surface area contributed by atoms with E-state index in [1.807, 2.05) is 25.7 Å². The largest absolute Gasteiger partial charge is 0.444 e. The van der Waals surface area contributed by atoms with E-state index in [4.69, 9.17) is 4.74 Å². The van der Waals surface area contributed by atoms with Gasteiger partial charge in [0.15, 0.2) is 0 Å². The Labute approximate surface area is 131 Å². The topological polar surface area (TPSA) is 41.6 Å². The molecule has 2 rings (SSSR count). The van der Waals surface area contributed by atoms with Crippen LogP contribution in [-0.2, 0) is 4.74 Å². The summed E-state index contributed by atoms with van der Waals surface area (Å²) in [6, 6.07) is 4.61. The van der Waals surface area contributed by atoms with Gasteiger partial charge in [0.25, 0.3) is 0 Å². The van der Waals surface area contributed by atoms with E-state index < -0.39 is 5.60 Å². The lowest BCUT2D eigenvalue weighted by atomic mass is 10.1. The van der Waals surface area contributed by atoms with E-state index in [9.17, 15) is 4.79 Å². The zero-order valence-electron chi connectivity index (χ0n) is 13.4. The highest BCUT2D eigenvalue weighted by Gasteiger charge is 2.29. The standard InChI is InChI=1S/C16H26N2O2S/c1-12(14-6-5-9-21-14)17-10-13-7-8-18(11-13)15(19)20-16(2,3)4/h5-6,9,12-13,17H,7-8,10-11H2,1-4H3/t12-,13-/m1/s1. The second kappa shape index (κ2) is 6.79. The Hall–Kier alpha value is -1.07. The van der Waals surface area contributed by atoms with Gasteiger partial charge in [0.2, 0.25) is 0 Å². The minimum Gasteiger partial charge on any atom is -0.444 e. The summed E-state index contributed by atoms with van der Waals surface area (Å²) in [6.07, 6.45) is 0.861. The van der Waals surface area contributed by atoms with Crippen molar-refractivity contribution in [1.29, 1.82) is 0 Å². The Balaban J connectivity index is 1.74. The monoisotopic (exact) mass is 310 g/mol. The number of likely N-dealkylation sites (tertiary alicyclic amines) is 1. The van der Waals surface area contributed by atoms with Crippen LogP contribution in [0.25, 0.3) is 0 Å². The minimum atomic E-state index is -0.416. The van der Waals surface area contributed by atoms with Crippen molar-refractivity contribution in [1.82, 2.24) is 10.2 Å². The van der Waals surface area contributed by atoms with Crippen molar-refractivity contribution in [3.63, 3.8) is 0 Å². The molecule has 1 fully saturated rings. The molecule has 21 heavy (non-hydrogen) atoms. The molecule has 1 aliphatic heterocycles. The lowest BCUT2D eigenvalue weighted by molar-refractivity contribution is 0.0288. The predicted octanol–water partition coefficient (Wildman–Crippen LogP) is 3.66. The summed E-state index contributed by atoms with van der Waals surface area (Å²) in [5.41, 5.74) is -0.416. The number of hydrogen-bond acceptors (Lipinski definition) is 4. The highest BCUT2D eigenvalue weighted by molar-refractivity contribution is 7.10. The lowest BCUT2D eigenvalue weighted by Crippen LogP contribution is -2.36. The van der Waals surface area contributed by atoms with Gasteiger partial charge in [-0.1, -0.05) is 6.07 Å². The Kier molecular flexibility index (Phi) is 5.27. The van der Waals surface area contributed by atoms with E-state index in [2.05, 4.69) is 29.8 Å². The van der Waals surface area contributed by atoms with E-state index >= 15 is 0 Å². The van der Waals surface area contributed by atoms with Crippen LogP contribution in [0.1, 0.15) is 45.0 Å². The molecular formula is C16H26N2O2S. The average molecular weight is 310 g/mol. The zero-order valence-corrected chi connectivity index (χ0v) is 14.2. The summed E-state index contributed by atoms with van der Waals surface area (Å²) in [4.78, 5) is 15.2. The van der Waals surface area contributed by atoms with Crippen LogP contribution in [-0.4, -0.2) is 36.2 Å². The molecule has 1 aromatic heterocycles. The van der Waals surface area contributed by atoms with Crippen LogP contribution in [0.5, 0.6) is 0 Å². The highest BCUT2D eigenvalue weighted by Crippen LogP contribution is 2.22. The van der Waals surface area contributed by atoms with Crippen molar-refractivity contribution < 1.29 is 9.53 Å². The first kappa shape index (κ1) is 16.3. The molecule has 118 valence electrons. The summed E-state index contributed by atoms with van der Waals surface area (Å²) < 4.78 is 5.42. The minimum absolute atomic E-state index is 0.184. The molecule has 0 aromatic carbocycles. The highest BCUT2D eigenvalue weighted by atomic mass is 32.1. The summed E-state index contributed by atoms with van der Waals surface area (Å²) in [5.74, 6) is 0.514. The predicted molar refractivity (Wildman–Crippen MR) is 86.7 cm³/mol. The van der Waals surface area contributed by atoms with Crippen molar-refractivity contribution in [2.24, 2.45) is 5.92 Å². The first-order valence-electron chi connectivity index (χ1n) is 7.60. The number of nitrogens with one attached hydrogen (secondary N) is 1. The maximum Gasteiger partial charge on any atom is 0.410 e. The number of thiophene rings is 1. The number of carbonyl (C=O) groups excluding carboxylic acids is 1. The number of nitrogens with zero attached hydrogens (tertiary/aromatic N) is 1. The third-order valence-corrected chi connectivity index (χ3v) is 4.68. The van der Waals surface area contributed by atoms with Gasteiger partial charge in [-0.15, -0.1) is 11.3 Å². The molecule has 2 heterocycles. The number of carbonyl (C=O) groups is 1. The Morgan fingerprint density at radius 1 is 1.57 bits per heavy atom. The third kappa shape index (κ3) is 5.00. The molecule has 0 unspecified atom stereocenters. The third-order valence-electron chi connectivity index (χ3n) is 3.62. The zero-order chi connectivity index (χ0) is 15.5. The summed E-state index contributed by atoms with van der Waals surface area (Å²) >= 11 is 1.78. The first-order valence-corrected chi connectivity index (χ1v) is 8.48. The van der Waals surface area contributed by atoms with Gasteiger partial charge in [-0.3, -0.25) is 0 Å². The molecule has 4 nitrogen and oxygen atoms in total. The molecule has 0 bridgehead atoms. The van der Waals surface area contributed by atoms with Gasteiger partial charge in [-0.2, -0.15) is 0 Å². The number of amides is 1. The Bertz CT molecular complexity index is 453. The maximum atomic E-state index is 12.0. The fraction of sp³-hybridized carbons (Fsp3) is 0.688. The average Bonchev–Trinajstić information content (AvgIpc) is 3.05. The first-order chi connectivity index (χ1) is 9.85. The molecule has 1 N–H and O–H groups in total. The van der Waals surface area contributed by atoms with E-state index in [1.54, 1.807) is 11.3 Å². The molecule has 1 aromatic rings. The molecule has 1 saturated heterocycles. The molecule has 0 spiro atoms. The maximum absolute atomic E-state index is 12.0. The summed E-state index contributed by atoms with van der Waals surface area (Å²) in [6.45, 7) is 10.4. The van der Waals surface area contributed by atoms with Crippen LogP contribution in [0.15, 0.2) is 17.5 Å². The van der Waals surface area contributed by atoms with Gasteiger partial charge >= 0.3 is 6.09 Å². The molecule has 0 saturated carbocycles. The second-order valence-corrected chi connectivity index (χ2v) is 7.71. The van der Waals surface area contributed by atoms with Crippen molar-refractivity contribution >= 4 is 17.4 Å². The van der Waals surface area contributed by atoms with Crippen molar-refractivity contribution in [2.75, 3.05) is 19.6 Å². The van der Waals surface area contributed by atoms with Crippen molar-refractivity contribution in [2.45, 2.75) is 45.8 Å². The summed E-state index contributed by atoms with van der Waals surface area (Å²) in [5, 5.41) is 5.67. The smallest absolute Gasteiger partial charge is 0.410 e. The van der Waals surface area contributed by atoms with Gasteiger partial charge in [0.1, 0.15) is 5.60 Å². The van der Waals surface area contributed by atoms with Crippen LogP contribution >= 0.6 is 11.3 Å². The molecular weight excluding hydrogens is 284 g/mol. The van der Waals surface area contributed by atoms with Gasteiger partial charge in [0.05, 0.1) is 0 Å². The van der Waals surface area contributed by atoms with Gasteiger partial charge < -0.3 is 15.0 Å². The molecule has 0 aliphatic carbocycles. The molecule has 0 radical (unpaired) electrons. The van der Waals surface area contributed by atoms with Gasteiger partial charge in [0, 0.05) is 30.6 Å².